The van der Waals surface area contributed by atoms with Gasteiger partial charge in [0.2, 0.25) is 0 Å². The van der Waals surface area contributed by atoms with Crippen molar-refractivity contribution >= 4 is 17.6 Å². The molecule has 102 valence electrons. The lowest BCUT2D eigenvalue weighted by Gasteiger charge is -2.24. The number of fused-ring (bicyclic) bond motifs is 3. The molecule has 0 aromatic heterocycles. The molecule has 1 aliphatic heterocycles. The maximum atomic E-state index is 11.2. The SMILES string of the molecule is CC(C(=O)O)c1cccc2c1OCc1cc(Cl)ccc1-2. The molecule has 2 aromatic rings. The van der Waals surface area contributed by atoms with E-state index in [2.05, 4.69) is 0 Å². The first-order valence-corrected chi connectivity index (χ1v) is 6.73. The molecule has 0 saturated heterocycles. The molecule has 1 N–H and O–H groups in total. The number of hydrogen-bond acceptors (Lipinski definition) is 2. The van der Waals surface area contributed by atoms with Gasteiger partial charge in [-0.1, -0.05) is 35.9 Å². The van der Waals surface area contributed by atoms with E-state index in [1.807, 2.05) is 30.3 Å². The quantitative estimate of drug-likeness (QED) is 0.905. The number of benzene rings is 2. The topological polar surface area (TPSA) is 46.5 Å². The zero-order chi connectivity index (χ0) is 14.3. The molecule has 2 aromatic carbocycles. The Labute approximate surface area is 121 Å². The van der Waals surface area contributed by atoms with E-state index in [0.717, 1.165) is 16.7 Å². The smallest absolute Gasteiger partial charge is 0.310 e. The molecule has 0 aliphatic carbocycles. The van der Waals surface area contributed by atoms with E-state index in [1.54, 1.807) is 13.0 Å². The first-order valence-electron chi connectivity index (χ1n) is 6.35. The van der Waals surface area contributed by atoms with E-state index in [4.69, 9.17) is 16.3 Å². The van der Waals surface area contributed by atoms with E-state index < -0.39 is 11.9 Å². The molecule has 0 radical (unpaired) electrons. The minimum absolute atomic E-state index is 0.409. The van der Waals surface area contributed by atoms with Crippen molar-refractivity contribution in [2.24, 2.45) is 0 Å². The van der Waals surface area contributed by atoms with Crippen molar-refractivity contribution in [3.8, 4) is 16.9 Å². The monoisotopic (exact) mass is 288 g/mol. The van der Waals surface area contributed by atoms with Gasteiger partial charge in [0.25, 0.3) is 0 Å². The largest absolute Gasteiger partial charge is 0.488 e. The number of aliphatic carboxylic acids is 1. The highest BCUT2D eigenvalue weighted by atomic mass is 35.5. The van der Waals surface area contributed by atoms with Crippen LogP contribution in [0.2, 0.25) is 5.02 Å². The molecular formula is C16H13ClO3. The minimum atomic E-state index is -0.857. The average Bonchev–Trinajstić information content (AvgIpc) is 2.45. The number of carbonyl (C=O) groups is 1. The minimum Gasteiger partial charge on any atom is -0.488 e. The number of carboxylic acid groups (broad SMARTS) is 1. The highest BCUT2D eigenvalue weighted by molar-refractivity contribution is 6.30. The third-order valence-electron chi connectivity index (χ3n) is 3.61. The van der Waals surface area contributed by atoms with Gasteiger partial charge < -0.3 is 9.84 Å². The summed E-state index contributed by atoms with van der Waals surface area (Å²) in [6, 6.07) is 11.3. The number of rotatable bonds is 2. The molecule has 0 spiro atoms. The molecule has 1 aliphatic rings. The Morgan fingerprint density at radius 1 is 1.30 bits per heavy atom. The summed E-state index contributed by atoms with van der Waals surface area (Å²) in [5.74, 6) is -0.792. The summed E-state index contributed by atoms with van der Waals surface area (Å²) in [5, 5.41) is 9.87. The van der Waals surface area contributed by atoms with Gasteiger partial charge in [-0.25, -0.2) is 0 Å². The molecular weight excluding hydrogens is 276 g/mol. The van der Waals surface area contributed by atoms with Gasteiger partial charge in [0, 0.05) is 16.1 Å². The standard InChI is InChI=1S/C16H13ClO3/c1-9(16(18)19)12-3-2-4-14-13-6-5-11(17)7-10(13)8-20-15(12)14/h2-7,9H,8H2,1H3,(H,18,19). The zero-order valence-electron chi connectivity index (χ0n) is 10.9. The van der Waals surface area contributed by atoms with Crippen molar-refractivity contribution in [2.45, 2.75) is 19.4 Å². The van der Waals surface area contributed by atoms with Crippen LogP contribution in [-0.4, -0.2) is 11.1 Å². The van der Waals surface area contributed by atoms with Crippen molar-refractivity contribution in [1.29, 1.82) is 0 Å². The molecule has 0 saturated carbocycles. The van der Waals surface area contributed by atoms with Crippen LogP contribution in [0.5, 0.6) is 5.75 Å². The number of ether oxygens (including phenoxy) is 1. The highest BCUT2D eigenvalue weighted by Gasteiger charge is 2.25. The Morgan fingerprint density at radius 3 is 2.85 bits per heavy atom. The maximum absolute atomic E-state index is 11.2. The maximum Gasteiger partial charge on any atom is 0.310 e. The summed E-state index contributed by atoms with van der Waals surface area (Å²) in [5.41, 5.74) is 3.70. The molecule has 20 heavy (non-hydrogen) atoms. The predicted octanol–water partition coefficient (Wildman–Crippen LogP) is 4.09. The van der Waals surface area contributed by atoms with Crippen LogP contribution < -0.4 is 4.74 Å². The third-order valence-corrected chi connectivity index (χ3v) is 3.85. The van der Waals surface area contributed by atoms with Crippen molar-refractivity contribution in [2.75, 3.05) is 0 Å². The molecule has 1 unspecified atom stereocenters. The van der Waals surface area contributed by atoms with Crippen LogP contribution in [0.3, 0.4) is 0 Å². The number of carboxylic acids is 1. The van der Waals surface area contributed by atoms with Crippen molar-refractivity contribution in [3.05, 3.63) is 52.5 Å². The second-order valence-corrected chi connectivity index (χ2v) is 5.31. The Bertz CT molecular complexity index is 694. The van der Waals surface area contributed by atoms with Gasteiger partial charge in [-0.05, 0) is 30.2 Å². The summed E-state index contributed by atoms with van der Waals surface area (Å²) in [6.45, 7) is 2.07. The molecule has 1 heterocycles. The second-order valence-electron chi connectivity index (χ2n) is 4.87. The third kappa shape index (κ3) is 2.04. The summed E-state index contributed by atoms with van der Waals surface area (Å²) < 4.78 is 5.79. The second kappa shape index (κ2) is 4.84. The van der Waals surface area contributed by atoms with Gasteiger partial charge >= 0.3 is 5.97 Å². The Morgan fingerprint density at radius 2 is 2.10 bits per heavy atom. The van der Waals surface area contributed by atoms with E-state index in [9.17, 15) is 9.90 Å². The molecule has 3 nitrogen and oxygen atoms in total. The summed E-state index contributed by atoms with van der Waals surface area (Å²) in [7, 11) is 0. The summed E-state index contributed by atoms with van der Waals surface area (Å²) in [6.07, 6.45) is 0. The lowest BCUT2D eigenvalue weighted by molar-refractivity contribution is -0.138. The average molecular weight is 289 g/mol. The first-order chi connectivity index (χ1) is 9.58. The van der Waals surface area contributed by atoms with Crippen LogP contribution in [0.4, 0.5) is 0 Å². The lowest BCUT2D eigenvalue weighted by atomic mass is 9.91. The lowest BCUT2D eigenvalue weighted by Crippen LogP contribution is -2.13. The van der Waals surface area contributed by atoms with Crippen LogP contribution in [0.25, 0.3) is 11.1 Å². The van der Waals surface area contributed by atoms with E-state index in [0.29, 0.717) is 22.9 Å². The summed E-state index contributed by atoms with van der Waals surface area (Å²) in [4.78, 5) is 11.2. The van der Waals surface area contributed by atoms with E-state index in [1.165, 1.54) is 0 Å². The molecule has 4 heteroatoms. The van der Waals surface area contributed by atoms with Crippen LogP contribution in [-0.2, 0) is 11.4 Å². The van der Waals surface area contributed by atoms with Crippen molar-refractivity contribution in [3.63, 3.8) is 0 Å². The van der Waals surface area contributed by atoms with Gasteiger partial charge in [-0.15, -0.1) is 0 Å². The van der Waals surface area contributed by atoms with Crippen LogP contribution in [0.15, 0.2) is 36.4 Å². The van der Waals surface area contributed by atoms with Gasteiger partial charge in [-0.2, -0.15) is 0 Å². The first kappa shape index (κ1) is 13.0. The Balaban J connectivity index is 2.18. The zero-order valence-corrected chi connectivity index (χ0v) is 11.6. The van der Waals surface area contributed by atoms with Gasteiger partial charge in [-0.3, -0.25) is 4.79 Å². The van der Waals surface area contributed by atoms with Crippen molar-refractivity contribution < 1.29 is 14.6 Å². The number of halogens is 1. The molecule has 0 amide bonds. The normalized spacial score (nSPS) is 13.9. The molecule has 0 bridgehead atoms. The van der Waals surface area contributed by atoms with Crippen molar-refractivity contribution in [1.82, 2.24) is 0 Å². The van der Waals surface area contributed by atoms with Crippen LogP contribution in [0, 0.1) is 0 Å². The fourth-order valence-corrected chi connectivity index (χ4v) is 2.69. The van der Waals surface area contributed by atoms with Gasteiger partial charge in [0.05, 0.1) is 5.92 Å². The number of hydrogen-bond donors (Lipinski definition) is 1. The van der Waals surface area contributed by atoms with E-state index >= 15 is 0 Å². The van der Waals surface area contributed by atoms with Gasteiger partial charge in [0.1, 0.15) is 12.4 Å². The van der Waals surface area contributed by atoms with Gasteiger partial charge in [0.15, 0.2) is 0 Å². The summed E-state index contributed by atoms with van der Waals surface area (Å²) >= 11 is 5.99. The fraction of sp³-hybridized carbons (Fsp3) is 0.188. The predicted molar refractivity (Wildman–Crippen MR) is 77.3 cm³/mol. The molecule has 3 rings (SSSR count). The highest BCUT2D eigenvalue weighted by Crippen LogP contribution is 2.42. The van der Waals surface area contributed by atoms with Crippen LogP contribution >= 0.6 is 11.6 Å². The fourth-order valence-electron chi connectivity index (χ4n) is 2.50. The molecule has 0 fully saturated rings. The Kier molecular flexibility index (Phi) is 3.14. The Hall–Kier alpha value is -2.00. The van der Waals surface area contributed by atoms with E-state index in [-0.39, 0.29) is 0 Å². The number of para-hydroxylation sites is 1. The molecule has 1 atom stereocenters. The van der Waals surface area contributed by atoms with Crippen LogP contribution in [0.1, 0.15) is 24.0 Å².